The lowest BCUT2D eigenvalue weighted by Gasteiger charge is -2.28. The topological polar surface area (TPSA) is 80.5 Å². The minimum atomic E-state index is -0.456. The second kappa shape index (κ2) is 6.93. The van der Waals surface area contributed by atoms with Crippen LogP contribution in [0.3, 0.4) is 0 Å². The highest BCUT2D eigenvalue weighted by Crippen LogP contribution is 2.29. The van der Waals surface area contributed by atoms with Gasteiger partial charge in [-0.15, -0.1) is 0 Å². The standard InChI is InChI=1S/C15H15BrN4O3/c16-11-9-14(20(21)22)15(17-10-11)18-12-1-3-13(4-2-12)19-5-7-23-8-6-19/h1-4,9-10H,5-8H2,(H,17,18). The predicted molar refractivity (Wildman–Crippen MR) is 91.3 cm³/mol. The van der Waals surface area contributed by atoms with Crippen LogP contribution in [0.5, 0.6) is 0 Å². The van der Waals surface area contributed by atoms with Crippen LogP contribution >= 0.6 is 15.9 Å². The van der Waals surface area contributed by atoms with Crippen molar-refractivity contribution in [3.63, 3.8) is 0 Å². The van der Waals surface area contributed by atoms with Crippen molar-refractivity contribution in [1.29, 1.82) is 0 Å². The van der Waals surface area contributed by atoms with Gasteiger partial charge in [0.25, 0.3) is 0 Å². The third kappa shape index (κ3) is 3.77. The monoisotopic (exact) mass is 378 g/mol. The van der Waals surface area contributed by atoms with Crippen molar-refractivity contribution < 1.29 is 9.66 Å². The van der Waals surface area contributed by atoms with E-state index >= 15 is 0 Å². The zero-order chi connectivity index (χ0) is 16.2. The average molecular weight is 379 g/mol. The van der Waals surface area contributed by atoms with Crippen LogP contribution in [0.4, 0.5) is 22.9 Å². The molecule has 1 saturated heterocycles. The molecule has 2 heterocycles. The molecule has 1 fully saturated rings. The van der Waals surface area contributed by atoms with E-state index in [9.17, 15) is 10.1 Å². The zero-order valence-electron chi connectivity index (χ0n) is 12.2. The molecule has 1 aromatic heterocycles. The van der Waals surface area contributed by atoms with Gasteiger partial charge in [0.05, 0.1) is 18.1 Å². The summed E-state index contributed by atoms with van der Waals surface area (Å²) >= 11 is 3.19. The molecule has 1 aliphatic heterocycles. The van der Waals surface area contributed by atoms with Gasteiger partial charge in [-0.1, -0.05) is 0 Å². The van der Waals surface area contributed by atoms with Crippen molar-refractivity contribution in [2.75, 3.05) is 36.5 Å². The van der Waals surface area contributed by atoms with Crippen LogP contribution in [0.1, 0.15) is 0 Å². The summed E-state index contributed by atoms with van der Waals surface area (Å²) in [7, 11) is 0. The summed E-state index contributed by atoms with van der Waals surface area (Å²) in [5.74, 6) is 0.220. The van der Waals surface area contributed by atoms with E-state index in [1.54, 1.807) is 0 Å². The van der Waals surface area contributed by atoms with Crippen LogP contribution in [-0.4, -0.2) is 36.2 Å². The van der Waals surface area contributed by atoms with E-state index in [4.69, 9.17) is 4.74 Å². The molecule has 0 atom stereocenters. The lowest BCUT2D eigenvalue weighted by atomic mass is 10.2. The first kappa shape index (κ1) is 15.7. The molecule has 0 bridgehead atoms. The van der Waals surface area contributed by atoms with E-state index in [2.05, 4.69) is 31.1 Å². The zero-order valence-corrected chi connectivity index (χ0v) is 13.8. The largest absolute Gasteiger partial charge is 0.378 e. The Kier molecular flexibility index (Phi) is 4.73. The number of hydrogen-bond donors (Lipinski definition) is 1. The first-order valence-electron chi connectivity index (χ1n) is 7.13. The molecule has 23 heavy (non-hydrogen) atoms. The number of morpholine rings is 1. The molecule has 0 spiro atoms. The van der Waals surface area contributed by atoms with Gasteiger partial charge in [0.15, 0.2) is 0 Å². The first-order chi connectivity index (χ1) is 11.1. The smallest absolute Gasteiger partial charge is 0.312 e. The molecule has 1 aromatic carbocycles. The maximum absolute atomic E-state index is 11.1. The van der Waals surface area contributed by atoms with Gasteiger partial charge in [0.2, 0.25) is 5.82 Å². The number of nitro groups is 1. The number of hydrogen-bond acceptors (Lipinski definition) is 6. The van der Waals surface area contributed by atoms with E-state index in [1.807, 2.05) is 24.3 Å². The summed E-state index contributed by atoms with van der Waals surface area (Å²) in [6.07, 6.45) is 1.53. The highest BCUT2D eigenvalue weighted by Gasteiger charge is 2.16. The molecule has 0 radical (unpaired) electrons. The summed E-state index contributed by atoms with van der Waals surface area (Å²) in [6, 6.07) is 9.17. The number of halogens is 1. The van der Waals surface area contributed by atoms with Crippen molar-refractivity contribution in [3.8, 4) is 0 Å². The molecule has 2 aromatic rings. The SMILES string of the molecule is O=[N+]([O-])c1cc(Br)cnc1Nc1ccc(N2CCOCC2)cc1. The predicted octanol–water partition coefficient (Wildman–Crippen LogP) is 3.33. The summed E-state index contributed by atoms with van der Waals surface area (Å²) in [4.78, 5) is 17.0. The van der Waals surface area contributed by atoms with Crippen LogP contribution in [-0.2, 0) is 4.74 Å². The number of anilines is 3. The molecular weight excluding hydrogens is 364 g/mol. The lowest BCUT2D eigenvalue weighted by Crippen LogP contribution is -2.36. The molecular formula is C15H15BrN4O3. The minimum Gasteiger partial charge on any atom is -0.378 e. The molecule has 1 N–H and O–H groups in total. The molecule has 0 saturated carbocycles. The number of pyridine rings is 1. The molecule has 3 rings (SSSR count). The average Bonchev–Trinajstić information content (AvgIpc) is 2.58. The van der Waals surface area contributed by atoms with Crippen LogP contribution in [0.2, 0.25) is 0 Å². The number of rotatable bonds is 4. The quantitative estimate of drug-likeness (QED) is 0.648. The summed E-state index contributed by atoms with van der Waals surface area (Å²) in [5, 5.41) is 14.1. The van der Waals surface area contributed by atoms with E-state index in [0.717, 1.165) is 37.7 Å². The minimum absolute atomic E-state index is 0.0726. The van der Waals surface area contributed by atoms with Crippen molar-refractivity contribution in [3.05, 3.63) is 51.1 Å². The molecule has 7 nitrogen and oxygen atoms in total. The van der Waals surface area contributed by atoms with E-state index in [-0.39, 0.29) is 11.5 Å². The van der Waals surface area contributed by atoms with Gasteiger partial charge < -0.3 is 15.0 Å². The number of nitrogens with zero attached hydrogens (tertiary/aromatic N) is 3. The van der Waals surface area contributed by atoms with Crippen molar-refractivity contribution in [2.45, 2.75) is 0 Å². The summed E-state index contributed by atoms with van der Waals surface area (Å²) < 4.78 is 5.91. The maximum atomic E-state index is 11.1. The van der Waals surface area contributed by atoms with E-state index < -0.39 is 4.92 Å². The molecule has 0 amide bonds. The Hall–Kier alpha value is -2.19. The van der Waals surface area contributed by atoms with Crippen LogP contribution < -0.4 is 10.2 Å². The number of nitrogens with one attached hydrogen (secondary N) is 1. The highest BCUT2D eigenvalue weighted by atomic mass is 79.9. The molecule has 120 valence electrons. The third-order valence-corrected chi connectivity index (χ3v) is 3.97. The van der Waals surface area contributed by atoms with Crippen LogP contribution in [0.25, 0.3) is 0 Å². The first-order valence-corrected chi connectivity index (χ1v) is 7.92. The van der Waals surface area contributed by atoms with Crippen LogP contribution in [0, 0.1) is 10.1 Å². The lowest BCUT2D eigenvalue weighted by molar-refractivity contribution is -0.384. The molecule has 1 aliphatic rings. The Morgan fingerprint density at radius 1 is 1.26 bits per heavy atom. The van der Waals surface area contributed by atoms with Gasteiger partial charge in [-0.3, -0.25) is 10.1 Å². The fourth-order valence-corrected chi connectivity index (χ4v) is 2.70. The second-order valence-corrected chi connectivity index (χ2v) is 5.97. The summed E-state index contributed by atoms with van der Waals surface area (Å²) in [6.45, 7) is 3.20. The summed E-state index contributed by atoms with van der Waals surface area (Å²) in [5.41, 5.74) is 1.79. The third-order valence-electron chi connectivity index (χ3n) is 3.54. The van der Waals surface area contributed by atoms with Gasteiger partial charge in [-0.2, -0.15) is 0 Å². The van der Waals surface area contributed by atoms with Gasteiger partial charge in [0.1, 0.15) is 0 Å². The van der Waals surface area contributed by atoms with Crippen molar-refractivity contribution in [1.82, 2.24) is 4.98 Å². The molecule has 0 aliphatic carbocycles. The Morgan fingerprint density at radius 2 is 1.96 bits per heavy atom. The Balaban J connectivity index is 1.77. The normalized spacial score (nSPS) is 14.6. The Morgan fingerprint density at radius 3 is 2.61 bits per heavy atom. The van der Waals surface area contributed by atoms with Gasteiger partial charge in [0, 0.05) is 41.2 Å². The number of benzene rings is 1. The molecule has 8 heteroatoms. The molecule has 0 unspecified atom stereocenters. The Bertz CT molecular complexity index is 702. The fourth-order valence-electron chi connectivity index (χ4n) is 2.38. The van der Waals surface area contributed by atoms with Gasteiger partial charge in [-0.25, -0.2) is 4.98 Å². The van der Waals surface area contributed by atoms with Gasteiger partial charge >= 0.3 is 5.69 Å². The van der Waals surface area contributed by atoms with Gasteiger partial charge in [-0.05, 0) is 40.2 Å². The fraction of sp³-hybridized carbons (Fsp3) is 0.267. The van der Waals surface area contributed by atoms with E-state index in [0.29, 0.717) is 4.47 Å². The van der Waals surface area contributed by atoms with E-state index in [1.165, 1.54) is 12.3 Å². The highest BCUT2D eigenvalue weighted by molar-refractivity contribution is 9.10. The second-order valence-electron chi connectivity index (χ2n) is 5.05. The van der Waals surface area contributed by atoms with Crippen molar-refractivity contribution >= 4 is 38.8 Å². The van der Waals surface area contributed by atoms with Crippen LogP contribution in [0.15, 0.2) is 41.0 Å². The number of ether oxygens (including phenoxy) is 1. The number of aromatic nitrogens is 1. The van der Waals surface area contributed by atoms with Crippen molar-refractivity contribution in [2.24, 2.45) is 0 Å². The Labute approximate surface area is 141 Å². The maximum Gasteiger partial charge on any atom is 0.312 e.